The molecule has 1 amide bonds. The molecule has 1 unspecified atom stereocenters. The fraction of sp³-hybridized carbons (Fsp3) is 0.684. The number of isothiocyanates is 1. The first kappa shape index (κ1) is 19.7. The van der Waals surface area contributed by atoms with Crippen molar-refractivity contribution in [3.63, 3.8) is 0 Å². The number of thiocarbonyl (C=S) groups is 1. The zero-order valence-corrected chi connectivity index (χ0v) is 16.5. The first-order valence-corrected chi connectivity index (χ1v) is 9.44. The molecule has 0 bridgehead atoms. The molecule has 1 aliphatic carbocycles. The molecule has 2 aliphatic rings. The van der Waals surface area contributed by atoms with E-state index < -0.39 is 5.60 Å². The molecule has 0 spiro atoms. The molecule has 25 heavy (non-hydrogen) atoms. The third kappa shape index (κ3) is 5.68. The van der Waals surface area contributed by atoms with E-state index in [0.717, 1.165) is 32.4 Å². The fourth-order valence-corrected chi connectivity index (χ4v) is 3.42. The Morgan fingerprint density at radius 2 is 2.12 bits per heavy atom. The second-order valence-corrected chi connectivity index (χ2v) is 7.68. The van der Waals surface area contributed by atoms with Crippen LogP contribution in [0.1, 0.15) is 47.0 Å². The monoisotopic (exact) mass is 363 g/mol. The van der Waals surface area contributed by atoms with E-state index in [4.69, 9.17) is 4.74 Å². The number of amides is 1. The van der Waals surface area contributed by atoms with Gasteiger partial charge in [0.1, 0.15) is 5.60 Å². The molecular weight excluding hydrogens is 334 g/mol. The summed E-state index contributed by atoms with van der Waals surface area (Å²) < 4.78 is 5.55. The van der Waals surface area contributed by atoms with E-state index in [-0.39, 0.29) is 18.2 Å². The molecule has 1 heterocycles. The maximum absolute atomic E-state index is 12.4. The molecule has 6 heteroatoms. The Morgan fingerprint density at radius 1 is 1.44 bits per heavy atom. The number of carbonyl (C=O) groups is 1. The van der Waals surface area contributed by atoms with Crippen LogP contribution in [0.2, 0.25) is 0 Å². The van der Waals surface area contributed by atoms with Crippen molar-refractivity contribution in [3.8, 4) is 0 Å². The van der Waals surface area contributed by atoms with Crippen LogP contribution >= 0.6 is 12.2 Å². The van der Waals surface area contributed by atoms with Crippen molar-refractivity contribution in [1.29, 1.82) is 0 Å². The number of likely N-dealkylation sites (tertiary alicyclic amines) is 1. The molecule has 0 aromatic heterocycles. The van der Waals surface area contributed by atoms with Crippen LogP contribution in [0.4, 0.5) is 4.79 Å². The smallest absolute Gasteiger partial charge is 0.410 e. The van der Waals surface area contributed by atoms with Gasteiger partial charge in [-0.1, -0.05) is 12.2 Å². The Bertz CT molecular complexity index is 580. The lowest BCUT2D eigenvalue weighted by atomic mass is 10.0. The van der Waals surface area contributed by atoms with Crippen molar-refractivity contribution in [2.45, 2.75) is 64.6 Å². The van der Waals surface area contributed by atoms with Gasteiger partial charge in [-0.05, 0) is 65.3 Å². The predicted molar refractivity (Wildman–Crippen MR) is 104 cm³/mol. The van der Waals surface area contributed by atoms with E-state index in [1.165, 1.54) is 5.70 Å². The first-order chi connectivity index (χ1) is 11.8. The number of ether oxygens (including phenoxy) is 1. The number of piperidine rings is 1. The van der Waals surface area contributed by atoms with E-state index in [2.05, 4.69) is 45.5 Å². The van der Waals surface area contributed by atoms with E-state index in [0.29, 0.717) is 6.54 Å². The zero-order valence-electron chi connectivity index (χ0n) is 15.7. The third-order valence-corrected chi connectivity index (χ3v) is 4.62. The van der Waals surface area contributed by atoms with Crippen LogP contribution in [0, 0.1) is 0 Å². The SMILES string of the molecule is CCN(C(=O)OC(C)(C)C)C1CCN(C2=CCC(N=C=S)C=C2)CC1. The Balaban J connectivity index is 1.89. The van der Waals surface area contributed by atoms with E-state index in [1.807, 2.05) is 32.6 Å². The Labute approximate surface area is 156 Å². The van der Waals surface area contributed by atoms with Gasteiger partial charge >= 0.3 is 6.09 Å². The summed E-state index contributed by atoms with van der Waals surface area (Å²) in [5, 5.41) is 2.45. The average Bonchev–Trinajstić information content (AvgIpc) is 2.56. The van der Waals surface area contributed by atoms with E-state index >= 15 is 0 Å². The van der Waals surface area contributed by atoms with Crippen LogP contribution in [0.5, 0.6) is 0 Å². The van der Waals surface area contributed by atoms with Crippen LogP contribution in [-0.4, -0.2) is 58.4 Å². The van der Waals surface area contributed by atoms with Gasteiger partial charge in [0.25, 0.3) is 0 Å². The number of carbonyl (C=O) groups excluding carboxylic acids is 1. The Kier molecular flexibility index (Phi) is 6.79. The summed E-state index contributed by atoms with van der Waals surface area (Å²) in [5.41, 5.74) is 0.791. The molecule has 0 radical (unpaired) electrons. The summed E-state index contributed by atoms with van der Waals surface area (Å²) in [4.78, 5) is 20.8. The quantitative estimate of drug-likeness (QED) is 0.559. The van der Waals surface area contributed by atoms with Crippen LogP contribution in [0.25, 0.3) is 0 Å². The number of hydrogen-bond acceptors (Lipinski definition) is 5. The average molecular weight is 364 g/mol. The minimum absolute atomic E-state index is 0.126. The van der Waals surface area contributed by atoms with Crippen molar-refractivity contribution in [2.24, 2.45) is 4.99 Å². The number of rotatable bonds is 4. The molecule has 0 aromatic carbocycles. The van der Waals surface area contributed by atoms with Crippen LogP contribution in [0.3, 0.4) is 0 Å². The van der Waals surface area contributed by atoms with Gasteiger partial charge < -0.3 is 14.5 Å². The molecule has 5 nitrogen and oxygen atoms in total. The predicted octanol–water partition coefficient (Wildman–Crippen LogP) is 4.02. The van der Waals surface area contributed by atoms with Crippen LogP contribution < -0.4 is 0 Å². The molecule has 1 fully saturated rings. The molecule has 1 saturated heterocycles. The highest BCUT2D eigenvalue weighted by molar-refractivity contribution is 7.78. The fourth-order valence-electron chi connectivity index (χ4n) is 3.29. The normalized spacial score (nSPS) is 21.4. The Morgan fingerprint density at radius 3 is 2.60 bits per heavy atom. The minimum atomic E-state index is -0.454. The lowest BCUT2D eigenvalue weighted by Gasteiger charge is -2.40. The number of nitrogens with zero attached hydrogens (tertiary/aromatic N) is 3. The van der Waals surface area contributed by atoms with Crippen LogP contribution in [-0.2, 0) is 4.74 Å². The zero-order chi connectivity index (χ0) is 18.4. The van der Waals surface area contributed by atoms with Gasteiger partial charge in [0.15, 0.2) is 0 Å². The molecule has 2 rings (SSSR count). The van der Waals surface area contributed by atoms with Gasteiger partial charge in [0.2, 0.25) is 0 Å². The topological polar surface area (TPSA) is 45.1 Å². The summed E-state index contributed by atoms with van der Waals surface area (Å²) in [6.45, 7) is 10.3. The molecule has 138 valence electrons. The van der Waals surface area contributed by atoms with Crippen molar-refractivity contribution in [1.82, 2.24) is 9.80 Å². The van der Waals surface area contributed by atoms with Crippen LogP contribution in [0.15, 0.2) is 28.9 Å². The second-order valence-electron chi connectivity index (χ2n) is 7.50. The molecular formula is C19H29N3O2S. The number of hydrogen-bond donors (Lipinski definition) is 0. The van der Waals surface area contributed by atoms with Gasteiger partial charge in [-0.25, -0.2) is 9.79 Å². The van der Waals surface area contributed by atoms with Gasteiger partial charge in [0, 0.05) is 31.4 Å². The van der Waals surface area contributed by atoms with Gasteiger partial charge in [-0.15, -0.1) is 0 Å². The van der Waals surface area contributed by atoms with Crippen molar-refractivity contribution < 1.29 is 9.53 Å². The molecule has 0 aromatic rings. The van der Waals surface area contributed by atoms with Gasteiger partial charge in [0.05, 0.1) is 11.2 Å². The lowest BCUT2D eigenvalue weighted by molar-refractivity contribution is 0.0111. The van der Waals surface area contributed by atoms with Gasteiger partial charge in [-0.2, -0.15) is 0 Å². The lowest BCUT2D eigenvalue weighted by Crippen LogP contribution is -2.48. The molecule has 1 atom stereocenters. The Hall–Kier alpha value is -1.65. The third-order valence-electron chi connectivity index (χ3n) is 4.52. The molecule has 0 N–H and O–H groups in total. The molecule has 0 saturated carbocycles. The number of aliphatic imine (C=N–C) groups is 1. The largest absolute Gasteiger partial charge is 0.444 e. The maximum Gasteiger partial charge on any atom is 0.410 e. The summed E-state index contributed by atoms with van der Waals surface area (Å²) >= 11 is 4.67. The van der Waals surface area contributed by atoms with Crippen molar-refractivity contribution >= 4 is 23.5 Å². The first-order valence-electron chi connectivity index (χ1n) is 9.04. The highest BCUT2D eigenvalue weighted by atomic mass is 32.1. The highest BCUT2D eigenvalue weighted by Crippen LogP contribution is 2.24. The minimum Gasteiger partial charge on any atom is -0.444 e. The highest BCUT2D eigenvalue weighted by Gasteiger charge is 2.30. The maximum atomic E-state index is 12.4. The summed E-state index contributed by atoms with van der Waals surface area (Å²) in [7, 11) is 0. The summed E-state index contributed by atoms with van der Waals surface area (Å²) in [6.07, 6.45) is 9.00. The van der Waals surface area contributed by atoms with E-state index in [1.54, 1.807) is 0 Å². The second kappa shape index (κ2) is 8.63. The number of allylic oxidation sites excluding steroid dienone is 1. The van der Waals surface area contributed by atoms with E-state index in [9.17, 15) is 4.79 Å². The molecule has 1 aliphatic heterocycles. The van der Waals surface area contributed by atoms with Gasteiger partial charge in [-0.3, -0.25) is 0 Å². The summed E-state index contributed by atoms with van der Waals surface area (Å²) in [6, 6.07) is 0.373. The van der Waals surface area contributed by atoms with Crippen molar-refractivity contribution in [2.75, 3.05) is 19.6 Å². The van der Waals surface area contributed by atoms with Crippen molar-refractivity contribution in [3.05, 3.63) is 23.9 Å². The standard InChI is InChI=1S/C19H29N3O2S/c1-5-22(18(23)24-19(2,3)4)17-10-12-21(13-11-17)16-8-6-15(7-9-16)20-14-25/h6,8-9,15,17H,5,7,10-13H2,1-4H3. The summed E-state index contributed by atoms with van der Waals surface area (Å²) in [5.74, 6) is 0.